The molecule has 0 unspecified atom stereocenters. The average molecular weight is 312 g/mol. The number of benzene rings is 1. The third-order valence-corrected chi connectivity index (χ3v) is 4.43. The van der Waals surface area contributed by atoms with Gasteiger partial charge in [-0.25, -0.2) is 0 Å². The number of fused-ring (bicyclic) bond motifs is 1. The minimum absolute atomic E-state index is 0.00848. The summed E-state index contributed by atoms with van der Waals surface area (Å²) in [5.74, 6) is -0.814. The van der Waals surface area contributed by atoms with E-state index in [0.717, 1.165) is 30.2 Å². The Morgan fingerprint density at radius 1 is 1.26 bits per heavy atom. The summed E-state index contributed by atoms with van der Waals surface area (Å²) in [6.07, 6.45) is 5.27. The molecule has 0 radical (unpaired) electrons. The molecule has 1 atom stereocenters. The number of carboxylic acid groups (broad SMARTS) is 1. The van der Waals surface area contributed by atoms with Crippen molar-refractivity contribution in [3.63, 3.8) is 0 Å². The fourth-order valence-corrected chi connectivity index (χ4v) is 3.23. The van der Waals surface area contributed by atoms with Crippen LogP contribution in [0.2, 0.25) is 0 Å². The number of carbonyl (C=O) groups excluding carboxylic acids is 1. The van der Waals surface area contributed by atoms with Crippen molar-refractivity contribution in [1.29, 1.82) is 0 Å². The molecule has 5 nitrogen and oxygen atoms in total. The summed E-state index contributed by atoms with van der Waals surface area (Å²) in [7, 11) is 0. The number of piperidine rings is 1. The van der Waals surface area contributed by atoms with Gasteiger partial charge in [0.1, 0.15) is 0 Å². The van der Waals surface area contributed by atoms with Crippen molar-refractivity contribution in [2.24, 2.45) is 0 Å². The number of rotatable bonds is 4. The van der Waals surface area contributed by atoms with Crippen LogP contribution in [0.1, 0.15) is 42.5 Å². The number of likely N-dealkylation sites (tertiary alicyclic amines) is 1. The molecule has 0 saturated carbocycles. The summed E-state index contributed by atoms with van der Waals surface area (Å²) in [5.41, 5.74) is 1.51. The Kier molecular flexibility index (Phi) is 4.55. The molecule has 0 aliphatic carbocycles. The average Bonchev–Trinajstić information content (AvgIpc) is 2.59. The maximum atomic E-state index is 12.9. The van der Waals surface area contributed by atoms with E-state index in [0.29, 0.717) is 18.5 Å². The molecule has 0 bridgehead atoms. The van der Waals surface area contributed by atoms with Crippen LogP contribution in [-0.4, -0.2) is 39.5 Å². The molecule has 0 spiro atoms. The zero-order valence-corrected chi connectivity index (χ0v) is 12.9. The second kappa shape index (κ2) is 6.77. The van der Waals surface area contributed by atoms with E-state index in [9.17, 15) is 9.59 Å². The number of hydrogen-bond acceptors (Lipinski definition) is 3. The molecular weight excluding hydrogens is 292 g/mol. The molecule has 1 N–H and O–H groups in total. The lowest BCUT2D eigenvalue weighted by molar-refractivity contribution is -0.137. The quantitative estimate of drug-likeness (QED) is 0.941. The minimum Gasteiger partial charge on any atom is -0.481 e. The highest BCUT2D eigenvalue weighted by molar-refractivity contribution is 5.98. The summed E-state index contributed by atoms with van der Waals surface area (Å²) < 4.78 is 0. The first-order valence-electron chi connectivity index (χ1n) is 8.03. The van der Waals surface area contributed by atoms with Gasteiger partial charge in [0, 0.05) is 36.2 Å². The predicted octanol–water partition coefficient (Wildman–Crippen LogP) is 3.09. The largest absolute Gasteiger partial charge is 0.481 e. The van der Waals surface area contributed by atoms with Crippen LogP contribution < -0.4 is 0 Å². The molecule has 1 saturated heterocycles. The van der Waals surface area contributed by atoms with E-state index in [1.165, 1.54) is 0 Å². The molecule has 1 fully saturated rings. The fourth-order valence-electron chi connectivity index (χ4n) is 3.23. The Morgan fingerprint density at radius 2 is 2.13 bits per heavy atom. The minimum atomic E-state index is -0.806. The molecule has 1 aromatic heterocycles. The number of carbonyl (C=O) groups is 2. The first-order valence-corrected chi connectivity index (χ1v) is 8.03. The summed E-state index contributed by atoms with van der Waals surface area (Å²) in [4.78, 5) is 29.8. The molecule has 2 aromatic rings. The number of aliphatic carboxylic acids is 1. The Morgan fingerprint density at radius 3 is 2.96 bits per heavy atom. The number of nitrogens with zero attached hydrogens (tertiary/aromatic N) is 2. The van der Waals surface area contributed by atoms with E-state index in [2.05, 4.69) is 4.98 Å². The van der Waals surface area contributed by atoms with Gasteiger partial charge in [0.05, 0.1) is 5.52 Å². The van der Waals surface area contributed by atoms with Crippen molar-refractivity contribution >= 4 is 22.8 Å². The molecule has 5 heteroatoms. The maximum Gasteiger partial charge on any atom is 0.303 e. The SMILES string of the molecule is O=C(O)CC[C@H]1CCCCN1C(=O)c1ccc2ncccc2c1. The molecular formula is C18H20N2O3. The van der Waals surface area contributed by atoms with Crippen molar-refractivity contribution in [3.05, 3.63) is 42.1 Å². The molecule has 2 heterocycles. The lowest BCUT2D eigenvalue weighted by Crippen LogP contribution is -2.43. The van der Waals surface area contributed by atoms with Gasteiger partial charge in [-0.05, 0) is 49.9 Å². The fraction of sp³-hybridized carbons (Fsp3) is 0.389. The van der Waals surface area contributed by atoms with Gasteiger partial charge in [0.15, 0.2) is 0 Å². The van der Waals surface area contributed by atoms with Gasteiger partial charge in [-0.15, -0.1) is 0 Å². The Labute approximate surface area is 134 Å². The maximum absolute atomic E-state index is 12.9. The molecule has 1 amide bonds. The third-order valence-electron chi connectivity index (χ3n) is 4.43. The van der Waals surface area contributed by atoms with Crippen LogP contribution in [-0.2, 0) is 4.79 Å². The van der Waals surface area contributed by atoms with E-state index >= 15 is 0 Å². The van der Waals surface area contributed by atoms with Crippen LogP contribution in [0.4, 0.5) is 0 Å². The number of hydrogen-bond donors (Lipinski definition) is 1. The first kappa shape index (κ1) is 15.5. The molecule has 3 rings (SSSR count). The standard InChI is InChI=1S/C18H20N2O3/c21-17(22)9-7-15-5-1-2-11-20(15)18(23)14-6-8-16-13(12-14)4-3-10-19-16/h3-4,6,8,10,12,15H,1-2,5,7,9,11H2,(H,21,22)/t15-/m1/s1. The van der Waals surface area contributed by atoms with Gasteiger partial charge < -0.3 is 10.0 Å². The summed E-state index contributed by atoms with van der Waals surface area (Å²) in [6, 6.07) is 9.36. The van der Waals surface area contributed by atoms with E-state index in [4.69, 9.17) is 5.11 Å². The summed E-state index contributed by atoms with van der Waals surface area (Å²) in [5, 5.41) is 9.84. The van der Waals surface area contributed by atoms with Crippen molar-refractivity contribution in [2.45, 2.75) is 38.1 Å². The van der Waals surface area contributed by atoms with E-state index in [1.807, 2.05) is 29.2 Å². The number of aromatic nitrogens is 1. The van der Waals surface area contributed by atoms with Crippen molar-refractivity contribution < 1.29 is 14.7 Å². The highest BCUT2D eigenvalue weighted by Crippen LogP contribution is 2.24. The van der Waals surface area contributed by atoms with Crippen LogP contribution in [0, 0.1) is 0 Å². The topological polar surface area (TPSA) is 70.5 Å². The third kappa shape index (κ3) is 3.50. The molecule has 1 aliphatic rings. The Hall–Kier alpha value is -2.43. The first-order chi connectivity index (χ1) is 11.1. The normalized spacial score (nSPS) is 18.1. The lowest BCUT2D eigenvalue weighted by Gasteiger charge is -2.35. The van der Waals surface area contributed by atoms with Crippen LogP contribution >= 0.6 is 0 Å². The highest BCUT2D eigenvalue weighted by atomic mass is 16.4. The molecule has 23 heavy (non-hydrogen) atoms. The summed E-state index contributed by atoms with van der Waals surface area (Å²) >= 11 is 0. The van der Waals surface area contributed by atoms with Gasteiger partial charge in [0.25, 0.3) is 5.91 Å². The van der Waals surface area contributed by atoms with Crippen molar-refractivity contribution in [1.82, 2.24) is 9.88 Å². The second-order valence-electron chi connectivity index (χ2n) is 5.99. The highest BCUT2D eigenvalue weighted by Gasteiger charge is 2.27. The van der Waals surface area contributed by atoms with Crippen LogP contribution in [0.5, 0.6) is 0 Å². The van der Waals surface area contributed by atoms with Crippen molar-refractivity contribution in [2.75, 3.05) is 6.54 Å². The van der Waals surface area contributed by atoms with Gasteiger partial charge in [-0.2, -0.15) is 0 Å². The zero-order chi connectivity index (χ0) is 16.2. The van der Waals surface area contributed by atoms with Crippen molar-refractivity contribution in [3.8, 4) is 0 Å². The van der Waals surface area contributed by atoms with E-state index in [-0.39, 0.29) is 18.4 Å². The monoisotopic (exact) mass is 312 g/mol. The zero-order valence-electron chi connectivity index (χ0n) is 12.9. The predicted molar refractivity (Wildman–Crippen MR) is 87.3 cm³/mol. The Bertz CT molecular complexity index is 729. The number of pyridine rings is 1. The van der Waals surface area contributed by atoms with E-state index in [1.54, 1.807) is 12.3 Å². The summed E-state index contributed by atoms with van der Waals surface area (Å²) in [6.45, 7) is 0.703. The van der Waals surface area contributed by atoms with Crippen LogP contribution in [0.25, 0.3) is 10.9 Å². The molecule has 120 valence electrons. The van der Waals surface area contributed by atoms with Gasteiger partial charge in [-0.1, -0.05) is 6.07 Å². The van der Waals surface area contributed by atoms with Gasteiger partial charge in [-0.3, -0.25) is 14.6 Å². The van der Waals surface area contributed by atoms with Crippen LogP contribution in [0.3, 0.4) is 0 Å². The van der Waals surface area contributed by atoms with E-state index < -0.39 is 5.97 Å². The van der Waals surface area contributed by atoms with Gasteiger partial charge in [0.2, 0.25) is 0 Å². The lowest BCUT2D eigenvalue weighted by atomic mass is 9.96. The number of amides is 1. The molecule has 1 aliphatic heterocycles. The second-order valence-corrected chi connectivity index (χ2v) is 5.99. The molecule has 1 aromatic carbocycles. The van der Waals surface area contributed by atoms with Crippen LogP contribution in [0.15, 0.2) is 36.5 Å². The number of carboxylic acids is 1. The smallest absolute Gasteiger partial charge is 0.303 e. The van der Waals surface area contributed by atoms with Gasteiger partial charge >= 0.3 is 5.97 Å². The Balaban J connectivity index is 1.81.